The molecule has 7 heteroatoms. The summed E-state index contributed by atoms with van der Waals surface area (Å²) < 4.78 is 1.86. The minimum absolute atomic E-state index is 0.196. The molecule has 1 aliphatic rings. The van der Waals surface area contributed by atoms with Crippen molar-refractivity contribution < 1.29 is 0 Å². The molecule has 0 atom stereocenters. The number of aromatic nitrogens is 4. The zero-order valence-electron chi connectivity index (χ0n) is 21.0. The number of nitriles is 1. The minimum Gasteiger partial charge on any atom is -0.373 e. The van der Waals surface area contributed by atoms with Gasteiger partial charge in [-0.2, -0.15) is 5.10 Å². The standard InChI is InChI=1S/C27H23BN6.C2H6/c1-19-14-24(23-4-2-3-5-26(23)32-19)25-16-31-34-17-21(15-30-27(25)34)20-6-8-22(9-7-20)33-12-10-28(18-29)11-13-33;1-2/h2-9,14-17H,10-13H2,1H3;1-2H3. The third-order valence-electron chi connectivity index (χ3n) is 6.73. The van der Waals surface area contributed by atoms with Gasteiger partial charge in [0.15, 0.2) is 5.65 Å². The molecule has 178 valence electrons. The average molecular weight is 472 g/mol. The van der Waals surface area contributed by atoms with Crippen LogP contribution in [-0.2, 0) is 0 Å². The lowest BCUT2D eigenvalue weighted by Gasteiger charge is -2.30. The molecule has 6 nitrogen and oxygen atoms in total. The van der Waals surface area contributed by atoms with Gasteiger partial charge in [0.25, 0.3) is 6.71 Å². The topological polar surface area (TPSA) is 70.1 Å². The molecule has 36 heavy (non-hydrogen) atoms. The van der Waals surface area contributed by atoms with Crippen LogP contribution in [0.4, 0.5) is 5.69 Å². The van der Waals surface area contributed by atoms with Crippen molar-refractivity contribution in [3.05, 3.63) is 78.9 Å². The van der Waals surface area contributed by atoms with Crippen molar-refractivity contribution in [3.63, 3.8) is 0 Å². The molecule has 0 N–H and O–H groups in total. The van der Waals surface area contributed by atoms with Gasteiger partial charge in [-0.15, -0.1) is 0 Å². The Morgan fingerprint density at radius 1 is 0.917 bits per heavy atom. The summed E-state index contributed by atoms with van der Waals surface area (Å²) in [7, 11) is 0. The van der Waals surface area contributed by atoms with Gasteiger partial charge in [-0.25, -0.2) is 14.8 Å². The number of para-hydroxylation sites is 1. The summed E-state index contributed by atoms with van der Waals surface area (Å²) in [4.78, 5) is 11.8. The van der Waals surface area contributed by atoms with Crippen LogP contribution in [0.25, 0.3) is 38.8 Å². The highest BCUT2D eigenvalue weighted by molar-refractivity contribution is 6.67. The number of nitrogens with zero attached hydrogens (tertiary/aromatic N) is 6. The summed E-state index contributed by atoms with van der Waals surface area (Å²) >= 11 is 0. The highest BCUT2D eigenvalue weighted by Gasteiger charge is 2.22. The first-order chi connectivity index (χ1) is 17.7. The Morgan fingerprint density at radius 3 is 2.42 bits per heavy atom. The van der Waals surface area contributed by atoms with E-state index in [1.807, 2.05) is 62.1 Å². The molecule has 3 aromatic heterocycles. The van der Waals surface area contributed by atoms with Gasteiger partial charge in [-0.05, 0) is 55.0 Å². The van der Waals surface area contributed by atoms with E-state index in [-0.39, 0.29) is 6.71 Å². The largest absolute Gasteiger partial charge is 0.373 e. The van der Waals surface area contributed by atoms with Gasteiger partial charge in [0.2, 0.25) is 0 Å². The van der Waals surface area contributed by atoms with Crippen LogP contribution in [0.15, 0.2) is 73.2 Å². The molecule has 1 fully saturated rings. The first kappa shape index (κ1) is 23.6. The fourth-order valence-electron chi connectivity index (χ4n) is 4.88. The van der Waals surface area contributed by atoms with Gasteiger partial charge in [0.05, 0.1) is 11.7 Å². The SMILES string of the molecule is CC.Cc1cc(-c2cnn3cc(-c4ccc(N5CCB(C#N)CC5)cc4)cnc23)c2ccccc2n1. The van der Waals surface area contributed by atoms with Gasteiger partial charge in [-0.1, -0.05) is 44.2 Å². The maximum atomic E-state index is 9.13. The van der Waals surface area contributed by atoms with Crippen LogP contribution in [-0.4, -0.2) is 39.4 Å². The normalized spacial score (nSPS) is 13.4. The van der Waals surface area contributed by atoms with Gasteiger partial charge in [-0.3, -0.25) is 4.98 Å². The van der Waals surface area contributed by atoms with Gasteiger partial charge in [0, 0.05) is 59.3 Å². The van der Waals surface area contributed by atoms with Crippen LogP contribution in [0.1, 0.15) is 19.5 Å². The molecule has 0 aliphatic carbocycles. The summed E-state index contributed by atoms with van der Waals surface area (Å²) in [5.41, 5.74) is 8.21. The maximum absolute atomic E-state index is 9.13. The molecule has 0 unspecified atom stereocenters. The predicted molar refractivity (Wildman–Crippen MR) is 148 cm³/mol. The lowest BCUT2D eigenvalue weighted by Crippen LogP contribution is -2.36. The summed E-state index contributed by atoms with van der Waals surface area (Å²) in [6.07, 6.45) is 7.72. The number of pyridine rings is 1. The molecule has 2 aromatic carbocycles. The first-order valence-corrected chi connectivity index (χ1v) is 12.6. The van der Waals surface area contributed by atoms with Crippen LogP contribution >= 0.6 is 0 Å². The Labute approximate surface area is 212 Å². The summed E-state index contributed by atoms with van der Waals surface area (Å²) in [5.74, 6) is 2.40. The van der Waals surface area contributed by atoms with E-state index in [9.17, 15) is 0 Å². The lowest BCUT2D eigenvalue weighted by molar-refractivity contribution is 0.822. The Kier molecular flexibility index (Phi) is 6.68. The lowest BCUT2D eigenvalue weighted by atomic mass is 9.45. The third-order valence-corrected chi connectivity index (χ3v) is 6.73. The zero-order chi connectivity index (χ0) is 25.1. The molecule has 6 rings (SSSR count). The van der Waals surface area contributed by atoms with Crippen LogP contribution in [0.3, 0.4) is 0 Å². The summed E-state index contributed by atoms with van der Waals surface area (Å²) in [6.45, 7) is 8.08. The van der Waals surface area contributed by atoms with E-state index in [0.29, 0.717) is 0 Å². The second-order valence-corrected chi connectivity index (χ2v) is 8.93. The molecule has 0 radical (unpaired) electrons. The van der Waals surface area contributed by atoms with Crippen molar-refractivity contribution in [2.45, 2.75) is 33.4 Å². The third kappa shape index (κ3) is 4.43. The molecule has 1 saturated heterocycles. The van der Waals surface area contributed by atoms with Crippen LogP contribution in [0.5, 0.6) is 0 Å². The Bertz CT molecular complexity index is 1540. The smallest absolute Gasteiger partial charge is 0.271 e. The zero-order valence-corrected chi connectivity index (χ0v) is 21.0. The molecular weight excluding hydrogens is 443 g/mol. The fraction of sp³-hybridized carbons (Fsp3) is 0.241. The van der Waals surface area contributed by atoms with Gasteiger partial charge >= 0.3 is 0 Å². The van der Waals surface area contributed by atoms with Crippen molar-refractivity contribution in [1.29, 1.82) is 5.26 Å². The molecule has 1 aliphatic heterocycles. The van der Waals surface area contributed by atoms with Crippen molar-refractivity contribution in [3.8, 4) is 28.2 Å². The Hall–Kier alpha value is -4.18. The molecule has 5 aromatic rings. The second kappa shape index (κ2) is 10.2. The van der Waals surface area contributed by atoms with Crippen molar-refractivity contribution in [2.75, 3.05) is 18.0 Å². The second-order valence-electron chi connectivity index (χ2n) is 8.93. The molecule has 0 amide bonds. The summed E-state index contributed by atoms with van der Waals surface area (Å²) in [5, 5.41) is 14.8. The number of hydrogen-bond donors (Lipinski definition) is 0. The van der Waals surface area contributed by atoms with E-state index in [1.54, 1.807) is 0 Å². The first-order valence-electron chi connectivity index (χ1n) is 12.6. The van der Waals surface area contributed by atoms with Crippen LogP contribution in [0.2, 0.25) is 12.6 Å². The quantitative estimate of drug-likeness (QED) is 0.287. The molecular formula is C29H29BN6. The van der Waals surface area contributed by atoms with E-state index in [1.165, 1.54) is 5.69 Å². The summed E-state index contributed by atoms with van der Waals surface area (Å²) in [6, 6.07) is 18.9. The molecule has 0 saturated carbocycles. The number of benzene rings is 2. The number of anilines is 1. The monoisotopic (exact) mass is 472 g/mol. The van der Waals surface area contributed by atoms with E-state index >= 15 is 0 Å². The van der Waals surface area contributed by atoms with Crippen molar-refractivity contribution >= 4 is 29.0 Å². The van der Waals surface area contributed by atoms with E-state index in [2.05, 4.69) is 57.3 Å². The Morgan fingerprint density at radius 2 is 1.67 bits per heavy atom. The molecule has 4 heterocycles. The van der Waals surface area contributed by atoms with E-state index < -0.39 is 0 Å². The number of hydrogen-bond acceptors (Lipinski definition) is 5. The van der Waals surface area contributed by atoms with E-state index in [0.717, 1.165) is 70.2 Å². The average Bonchev–Trinajstić information content (AvgIpc) is 3.37. The maximum Gasteiger partial charge on any atom is 0.271 e. The molecule has 0 bridgehead atoms. The van der Waals surface area contributed by atoms with Gasteiger partial charge < -0.3 is 4.90 Å². The minimum atomic E-state index is 0.196. The Balaban J connectivity index is 0.00000130. The van der Waals surface area contributed by atoms with Gasteiger partial charge in [0.1, 0.15) is 0 Å². The number of rotatable bonds is 3. The van der Waals surface area contributed by atoms with Crippen molar-refractivity contribution in [1.82, 2.24) is 19.6 Å². The van der Waals surface area contributed by atoms with Crippen molar-refractivity contribution in [2.24, 2.45) is 0 Å². The predicted octanol–water partition coefficient (Wildman–Crippen LogP) is 6.32. The number of fused-ring (bicyclic) bond motifs is 2. The number of aryl methyl sites for hydroxylation is 1. The molecule has 0 spiro atoms. The highest BCUT2D eigenvalue weighted by Crippen LogP contribution is 2.32. The van der Waals surface area contributed by atoms with E-state index in [4.69, 9.17) is 10.2 Å². The fourth-order valence-corrected chi connectivity index (χ4v) is 4.88. The van der Waals surface area contributed by atoms with Crippen LogP contribution in [0, 0.1) is 18.2 Å². The highest BCUT2D eigenvalue weighted by atomic mass is 15.2. The van der Waals surface area contributed by atoms with Crippen LogP contribution < -0.4 is 4.90 Å².